The van der Waals surface area contributed by atoms with E-state index in [4.69, 9.17) is 4.74 Å². The molecule has 1 aromatic rings. The predicted molar refractivity (Wildman–Crippen MR) is 60.4 cm³/mol. The van der Waals surface area contributed by atoms with Crippen molar-refractivity contribution in [3.63, 3.8) is 0 Å². The number of hydrogen-bond acceptors (Lipinski definition) is 5. The second-order valence-corrected chi connectivity index (χ2v) is 3.16. The summed E-state index contributed by atoms with van der Waals surface area (Å²) in [6.45, 7) is 6.67. The van der Waals surface area contributed by atoms with Crippen molar-refractivity contribution in [2.45, 2.75) is 13.8 Å². The summed E-state index contributed by atoms with van der Waals surface area (Å²) in [6, 6.07) is 1.80. The lowest BCUT2D eigenvalue weighted by Gasteiger charge is -2.07. The predicted octanol–water partition coefficient (Wildman–Crippen LogP) is 0.815. The molecule has 0 amide bonds. The molecule has 0 fully saturated rings. The lowest BCUT2D eigenvalue weighted by molar-refractivity contribution is 0.397. The lowest BCUT2D eigenvalue weighted by atomic mass is 10.4. The van der Waals surface area contributed by atoms with Crippen molar-refractivity contribution in [3.8, 4) is 5.88 Å². The van der Waals surface area contributed by atoms with Gasteiger partial charge in [0.1, 0.15) is 0 Å². The third kappa shape index (κ3) is 4.12. The van der Waals surface area contributed by atoms with Crippen LogP contribution in [0.2, 0.25) is 0 Å². The SMILES string of the molecule is CCNCCNc1nc(C)cc(OC)n1. The molecule has 2 N–H and O–H groups in total. The smallest absolute Gasteiger partial charge is 0.226 e. The number of aromatic nitrogens is 2. The van der Waals surface area contributed by atoms with Crippen LogP contribution < -0.4 is 15.4 Å². The van der Waals surface area contributed by atoms with E-state index >= 15 is 0 Å². The molecule has 0 saturated heterocycles. The largest absolute Gasteiger partial charge is 0.481 e. The number of nitrogens with one attached hydrogen (secondary N) is 2. The molecule has 84 valence electrons. The number of anilines is 1. The molecule has 1 aromatic heterocycles. The van der Waals surface area contributed by atoms with Gasteiger partial charge in [0.25, 0.3) is 0 Å². The number of aryl methyl sites for hydroxylation is 1. The molecule has 0 saturated carbocycles. The van der Waals surface area contributed by atoms with E-state index in [-0.39, 0.29) is 0 Å². The van der Waals surface area contributed by atoms with E-state index in [1.807, 2.05) is 6.92 Å². The van der Waals surface area contributed by atoms with E-state index in [9.17, 15) is 0 Å². The fourth-order valence-electron chi connectivity index (χ4n) is 1.16. The van der Waals surface area contributed by atoms with Crippen molar-refractivity contribution in [3.05, 3.63) is 11.8 Å². The molecule has 1 rings (SSSR count). The number of likely N-dealkylation sites (N-methyl/N-ethyl adjacent to an activating group) is 1. The first-order valence-corrected chi connectivity index (χ1v) is 5.10. The minimum atomic E-state index is 0.591. The normalized spacial score (nSPS) is 10.1. The highest BCUT2D eigenvalue weighted by molar-refractivity contribution is 5.30. The topological polar surface area (TPSA) is 59.1 Å². The second kappa shape index (κ2) is 6.19. The van der Waals surface area contributed by atoms with E-state index in [1.54, 1.807) is 13.2 Å². The van der Waals surface area contributed by atoms with Crippen LogP contribution in [0.1, 0.15) is 12.6 Å². The highest BCUT2D eigenvalue weighted by Gasteiger charge is 2.00. The molecule has 0 unspecified atom stereocenters. The fourth-order valence-corrected chi connectivity index (χ4v) is 1.16. The first kappa shape index (κ1) is 11.7. The summed E-state index contributed by atoms with van der Waals surface area (Å²) >= 11 is 0. The Morgan fingerprint density at radius 2 is 2.13 bits per heavy atom. The van der Waals surface area contributed by atoms with Gasteiger partial charge in [0, 0.05) is 24.8 Å². The molecule has 15 heavy (non-hydrogen) atoms. The molecule has 0 aliphatic rings. The van der Waals surface area contributed by atoms with Crippen molar-refractivity contribution in [1.82, 2.24) is 15.3 Å². The summed E-state index contributed by atoms with van der Waals surface area (Å²) in [5, 5.41) is 6.34. The van der Waals surface area contributed by atoms with Gasteiger partial charge in [-0.05, 0) is 13.5 Å². The number of hydrogen-bond donors (Lipinski definition) is 2. The Morgan fingerprint density at radius 3 is 2.80 bits per heavy atom. The molecular weight excluding hydrogens is 192 g/mol. The Kier molecular flexibility index (Phi) is 4.83. The maximum absolute atomic E-state index is 5.06. The second-order valence-electron chi connectivity index (χ2n) is 3.16. The third-order valence-corrected chi connectivity index (χ3v) is 1.87. The molecule has 0 radical (unpaired) electrons. The number of nitrogens with zero attached hydrogens (tertiary/aromatic N) is 2. The Labute approximate surface area is 90.3 Å². The maximum atomic E-state index is 5.06. The average molecular weight is 210 g/mol. The van der Waals surface area contributed by atoms with Crippen molar-refractivity contribution in [2.75, 3.05) is 32.1 Å². The molecule has 0 aliphatic heterocycles. The minimum absolute atomic E-state index is 0.591. The average Bonchev–Trinajstić information content (AvgIpc) is 2.23. The summed E-state index contributed by atoms with van der Waals surface area (Å²) in [4.78, 5) is 8.43. The first-order chi connectivity index (χ1) is 7.26. The Balaban J connectivity index is 2.49. The van der Waals surface area contributed by atoms with Crippen molar-refractivity contribution in [1.29, 1.82) is 0 Å². The third-order valence-electron chi connectivity index (χ3n) is 1.87. The molecule has 1 heterocycles. The summed E-state index contributed by atoms with van der Waals surface area (Å²) in [5.41, 5.74) is 0.896. The summed E-state index contributed by atoms with van der Waals surface area (Å²) in [7, 11) is 1.60. The maximum Gasteiger partial charge on any atom is 0.226 e. The molecule has 0 atom stereocenters. The summed E-state index contributed by atoms with van der Waals surface area (Å²) in [5.74, 6) is 1.21. The highest BCUT2D eigenvalue weighted by Crippen LogP contribution is 2.10. The van der Waals surface area contributed by atoms with Crippen molar-refractivity contribution >= 4 is 5.95 Å². The zero-order chi connectivity index (χ0) is 11.1. The van der Waals surface area contributed by atoms with Crippen molar-refractivity contribution < 1.29 is 4.74 Å². The van der Waals surface area contributed by atoms with Gasteiger partial charge in [0.05, 0.1) is 7.11 Å². The summed E-state index contributed by atoms with van der Waals surface area (Å²) in [6.07, 6.45) is 0. The van der Waals surface area contributed by atoms with Crippen molar-refractivity contribution in [2.24, 2.45) is 0 Å². The van der Waals surface area contributed by atoms with Crippen LogP contribution in [0.15, 0.2) is 6.07 Å². The monoisotopic (exact) mass is 210 g/mol. The van der Waals surface area contributed by atoms with Crippen LogP contribution in [0.25, 0.3) is 0 Å². The zero-order valence-electron chi connectivity index (χ0n) is 9.50. The van der Waals surface area contributed by atoms with Gasteiger partial charge < -0.3 is 15.4 Å². The van der Waals surface area contributed by atoms with E-state index in [1.165, 1.54) is 0 Å². The van der Waals surface area contributed by atoms with Crippen LogP contribution in [0.3, 0.4) is 0 Å². The van der Waals surface area contributed by atoms with Gasteiger partial charge in [-0.1, -0.05) is 6.92 Å². The van der Waals surface area contributed by atoms with Crippen LogP contribution in [-0.4, -0.2) is 36.7 Å². The van der Waals surface area contributed by atoms with Gasteiger partial charge in [-0.15, -0.1) is 0 Å². The van der Waals surface area contributed by atoms with Gasteiger partial charge in [-0.25, -0.2) is 4.98 Å². The van der Waals surface area contributed by atoms with Crippen LogP contribution >= 0.6 is 0 Å². The molecule has 0 aromatic carbocycles. The van der Waals surface area contributed by atoms with Gasteiger partial charge >= 0.3 is 0 Å². The molecular formula is C10H18N4O. The van der Waals surface area contributed by atoms with Crippen LogP contribution in [0.4, 0.5) is 5.95 Å². The van der Waals surface area contributed by atoms with E-state index in [0.717, 1.165) is 25.3 Å². The first-order valence-electron chi connectivity index (χ1n) is 5.10. The number of ether oxygens (including phenoxy) is 1. The van der Waals surface area contributed by atoms with Gasteiger partial charge in [-0.2, -0.15) is 4.98 Å². The zero-order valence-corrected chi connectivity index (χ0v) is 9.50. The van der Waals surface area contributed by atoms with E-state index in [2.05, 4.69) is 27.5 Å². The van der Waals surface area contributed by atoms with E-state index < -0.39 is 0 Å². The van der Waals surface area contributed by atoms with Crippen LogP contribution in [-0.2, 0) is 0 Å². The quantitative estimate of drug-likeness (QED) is 0.681. The van der Waals surface area contributed by atoms with E-state index in [0.29, 0.717) is 11.8 Å². The standard InChI is InChI=1S/C10H18N4O/c1-4-11-5-6-12-10-13-8(2)7-9(14-10)15-3/h7,11H,4-6H2,1-3H3,(H,12,13,14). The highest BCUT2D eigenvalue weighted by atomic mass is 16.5. The van der Waals surface area contributed by atoms with Crippen LogP contribution in [0, 0.1) is 6.92 Å². The molecule has 0 spiro atoms. The fraction of sp³-hybridized carbons (Fsp3) is 0.600. The molecule has 0 bridgehead atoms. The van der Waals surface area contributed by atoms with Gasteiger partial charge in [-0.3, -0.25) is 0 Å². The Bertz CT molecular complexity index is 303. The van der Waals surface area contributed by atoms with Gasteiger partial charge in [0.15, 0.2) is 0 Å². The Hall–Kier alpha value is -1.36. The Morgan fingerprint density at radius 1 is 1.33 bits per heavy atom. The number of methoxy groups -OCH3 is 1. The minimum Gasteiger partial charge on any atom is -0.481 e. The van der Waals surface area contributed by atoms with Crippen LogP contribution in [0.5, 0.6) is 5.88 Å². The molecule has 5 nitrogen and oxygen atoms in total. The lowest BCUT2D eigenvalue weighted by Crippen LogP contribution is -2.22. The van der Waals surface area contributed by atoms with Gasteiger partial charge in [0.2, 0.25) is 11.8 Å². The number of rotatable bonds is 6. The summed E-state index contributed by atoms with van der Waals surface area (Å²) < 4.78 is 5.06. The molecule has 0 aliphatic carbocycles. The molecule has 5 heteroatoms.